The molecule has 2 heterocycles. The van der Waals surface area contributed by atoms with Crippen LogP contribution >= 0.6 is 15.9 Å². The number of halogens is 1. The molecule has 0 amide bonds. The normalized spacial score (nSPS) is 11.5. The third-order valence-electron chi connectivity index (χ3n) is 3.78. The Hall–Kier alpha value is -3.20. The van der Waals surface area contributed by atoms with E-state index in [2.05, 4.69) is 46.6 Å². The molecular formula is C17H13BrN6O2. The zero-order chi connectivity index (χ0) is 18.1. The molecule has 4 aromatic rings. The largest absolute Gasteiger partial charge is 0.507 e. The number of phenols is 1. The summed E-state index contributed by atoms with van der Waals surface area (Å²) in [6, 6.07) is 10.8. The second-order valence-electron chi connectivity index (χ2n) is 5.44. The van der Waals surface area contributed by atoms with E-state index in [4.69, 9.17) is 4.74 Å². The van der Waals surface area contributed by atoms with Crippen molar-refractivity contribution in [2.75, 3.05) is 12.5 Å². The van der Waals surface area contributed by atoms with E-state index < -0.39 is 0 Å². The molecule has 0 aliphatic carbocycles. The van der Waals surface area contributed by atoms with Gasteiger partial charge in [0.25, 0.3) is 5.95 Å². The van der Waals surface area contributed by atoms with Gasteiger partial charge in [0.05, 0.1) is 13.3 Å². The first-order valence-electron chi connectivity index (χ1n) is 7.62. The first-order valence-corrected chi connectivity index (χ1v) is 8.41. The van der Waals surface area contributed by atoms with Crippen LogP contribution in [0.25, 0.3) is 22.1 Å². The molecule has 0 unspecified atom stereocenters. The van der Waals surface area contributed by atoms with Crippen LogP contribution in [0.5, 0.6) is 11.5 Å². The maximum atomic E-state index is 9.91. The molecule has 0 spiro atoms. The summed E-state index contributed by atoms with van der Waals surface area (Å²) in [5.74, 6) is 0.869. The molecule has 0 atom stereocenters. The number of aromatic nitrogens is 4. The summed E-state index contributed by atoms with van der Waals surface area (Å²) in [6.45, 7) is 0. The van der Waals surface area contributed by atoms with E-state index in [1.807, 2.05) is 18.2 Å². The van der Waals surface area contributed by atoms with E-state index in [1.165, 1.54) is 19.4 Å². The maximum Gasteiger partial charge on any atom is 0.265 e. The highest BCUT2D eigenvalue weighted by molar-refractivity contribution is 9.10. The van der Waals surface area contributed by atoms with Crippen molar-refractivity contribution >= 4 is 50.2 Å². The molecule has 2 aromatic heterocycles. The van der Waals surface area contributed by atoms with Gasteiger partial charge in [-0.2, -0.15) is 10.1 Å². The molecule has 4 rings (SSSR count). The second-order valence-corrected chi connectivity index (χ2v) is 6.36. The lowest BCUT2D eigenvalue weighted by Gasteiger charge is -2.02. The van der Waals surface area contributed by atoms with Crippen LogP contribution < -0.4 is 10.2 Å². The molecule has 3 N–H and O–H groups in total. The molecule has 9 heteroatoms. The maximum absolute atomic E-state index is 9.91. The number of hydrazone groups is 1. The van der Waals surface area contributed by atoms with Crippen LogP contribution in [0.3, 0.4) is 0 Å². The predicted molar refractivity (Wildman–Crippen MR) is 103 cm³/mol. The lowest BCUT2D eigenvalue weighted by atomic mass is 10.2. The van der Waals surface area contributed by atoms with Gasteiger partial charge in [-0.3, -0.25) is 0 Å². The van der Waals surface area contributed by atoms with Gasteiger partial charge in [0.2, 0.25) is 0 Å². The number of phenolic OH excluding ortho intramolecular Hbond substituents is 1. The summed E-state index contributed by atoms with van der Waals surface area (Å²) in [6.07, 6.45) is 1.46. The van der Waals surface area contributed by atoms with Gasteiger partial charge in [-0.1, -0.05) is 15.9 Å². The van der Waals surface area contributed by atoms with Crippen LogP contribution in [0.4, 0.5) is 5.95 Å². The monoisotopic (exact) mass is 412 g/mol. The molecular weight excluding hydrogens is 400 g/mol. The number of anilines is 1. The Kier molecular flexibility index (Phi) is 4.13. The van der Waals surface area contributed by atoms with E-state index in [1.54, 1.807) is 12.1 Å². The highest BCUT2D eigenvalue weighted by Crippen LogP contribution is 2.25. The van der Waals surface area contributed by atoms with Crippen LogP contribution in [0.1, 0.15) is 5.56 Å². The van der Waals surface area contributed by atoms with Gasteiger partial charge < -0.3 is 14.8 Å². The summed E-state index contributed by atoms with van der Waals surface area (Å²) in [7, 11) is 1.54. The molecule has 130 valence electrons. The van der Waals surface area contributed by atoms with Crippen molar-refractivity contribution in [1.29, 1.82) is 0 Å². The third-order valence-corrected chi connectivity index (χ3v) is 4.28. The van der Waals surface area contributed by atoms with Gasteiger partial charge in [-0.05, 0) is 30.3 Å². The SMILES string of the molecule is COc1ccc(/C=N\Nc2nnc3c(n2)[nH]c2ccc(Br)cc23)c(O)c1. The van der Waals surface area contributed by atoms with E-state index in [0.29, 0.717) is 22.5 Å². The molecule has 0 bridgehead atoms. The quantitative estimate of drug-likeness (QED) is 0.350. The van der Waals surface area contributed by atoms with Crippen LogP contribution in [0.2, 0.25) is 0 Å². The van der Waals surface area contributed by atoms with Crippen LogP contribution in [-0.2, 0) is 0 Å². The summed E-state index contributed by atoms with van der Waals surface area (Å²) >= 11 is 3.45. The number of hydrogen-bond donors (Lipinski definition) is 3. The number of hydrogen-bond acceptors (Lipinski definition) is 7. The van der Waals surface area contributed by atoms with E-state index in [-0.39, 0.29) is 11.7 Å². The van der Waals surface area contributed by atoms with Gasteiger partial charge in [0.1, 0.15) is 17.0 Å². The Morgan fingerprint density at radius 1 is 1.23 bits per heavy atom. The number of nitrogens with one attached hydrogen (secondary N) is 2. The Balaban J connectivity index is 1.58. The molecule has 0 fully saturated rings. The van der Waals surface area contributed by atoms with Crippen LogP contribution in [0.15, 0.2) is 46.0 Å². The summed E-state index contributed by atoms with van der Waals surface area (Å²) < 4.78 is 6.00. The second kappa shape index (κ2) is 6.60. The molecule has 26 heavy (non-hydrogen) atoms. The van der Waals surface area contributed by atoms with Gasteiger partial charge >= 0.3 is 0 Å². The summed E-state index contributed by atoms with van der Waals surface area (Å²) in [5, 5.41) is 23.1. The van der Waals surface area contributed by atoms with Crippen molar-refractivity contribution in [2.45, 2.75) is 0 Å². The first kappa shape index (κ1) is 16.3. The van der Waals surface area contributed by atoms with E-state index in [0.717, 1.165) is 15.4 Å². The fourth-order valence-corrected chi connectivity index (χ4v) is 2.87. The summed E-state index contributed by atoms with van der Waals surface area (Å²) in [5.41, 5.74) is 5.46. The van der Waals surface area contributed by atoms with Crippen LogP contribution in [0, 0.1) is 0 Å². The minimum absolute atomic E-state index is 0.0607. The number of H-pyrrole nitrogens is 1. The number of benzene rings is 2. The average Bonchev–Trinajstić information content (AvgIpc) is 3.00. The zero-order valence-electron chi connectivity index (χ0n) is 13.6. The lowest BCUT2D eigenvalue weighted by Crippen LogP contribution is -1.99. The van der Waals surface area contributed by atoms with E-state index >= 15 is 0 Å². The van der Waals surface area contributed by atoms with Crippen molar-refractivity contribution < 1.29 is 9.84 Å². The Bertz CT molecular complexity index is 1140. The molecule has 0 aliphatic rings. The van der Waals surface area contributed by atoms with Gasteiger partial charge in [-0.15, -0.1) is 10.2 Å². The third kappa shape index (κ3) is 3.04. The average molecular weight is 413 g/mol. The van der Waals surface area contributed by atoms with Crippen molar-refractivity contribution in [1.82, 2.24) is 20.2 Å². The summed E-state index contributed by atoms with van der Waals surface area (Å²) in [4.78, 5) is 7.57. The Morgan fingerprint density at radius 3 is 2.92 bits per heavy atom. The zero-order valence-corrected chi connectivity index (χ0v) is 15.1. The van der Waals surface area contributed by atoms with Gasteiger partial charge in [-0.25, -0.2) is 5.43 Å². The number of fused-ring (bicyclic) bond motifs is 3. The highest BCUT2D eigenvalue weighted by atomic mass is 79.9. The topological polar surface area (TPSA) is 108 Å². The molecule has 2 aromatic carbocycles. The Labute approximate surface area is 156 Å². The van der Waals surface area contributed by atoms with Crippen LogP contribution in [-0.4, -0.2) is 38.6 Å². The molecule has 0 aliphatic heterocycles. The first-order chi connectivity index (χ1) is 12.6. The molecule has 0 saturated carbocycles. The minimum Gasteiger partial charge on any atom is -0.507 e. The fourth-order valence-electron chi connectivity index (χ4n) is 2.51. The van der Waals surface area contributed by atoms with Crippen molar-refractivity contribution in [3.63, 3.8) is 0 Å². The number of methoxy groups -OCH3 is 1. The van der Waals surface area contributed by atoms with Gasteiger partial charge in [0.15, 0.2) is 5.65 Å². The standard InChI is InChI=1S/C17H13BrN6O2/c1-26-11-4-2-9(14(25)7-11)8-19-23-17-21-16-15(22-24-17)12-6-10(18)3-5-13(12)20-16/h2-8,25H,1H3,(H2,20,21,23,24)/b19-8-. The van der Waals surface area contributed by atoms with E-state index in [9.17, 15) is 5.11 Å². The molecule has 0 saturated heterocycles. The van der Waals surface area contributed by atoms with Crippen molar-refractivity contribution in [2.24, 2.45) is 5.10 Å². The highest BCUT2D eigenvalue weighted by Gasteiger charge is 2.09. The minimum atomic E-state index is 0.0607. The van der Waals surface area contributed by atoms with Gasteiger partial charge in [0, 0.05) is 27.0 Å². The lowest BCUT2D eigenvalue weighted by molar-refractivity contribution is 0.407. The van der Waals surface area contributed by atoms with Crippen molar-refractivity contribution in [3.05, 3.63) is 46.4 Å². The van der Waals surface area contributed by atoms with Crippen molar-refractivity contribution in [3.8, 4) is 11.5 Å². The number of aromatic hydroxyl groups is 1. The predicted octanol–water partition coefficient (Wildman–Crippen LogP) is 3.43. The fraction of sp³-hybridized carbons (Fsp3) is 0.0588. The number of ether oxygens (including phenoxy) is 1. The molecule has 8 nitrogen and oxygen atoms in total. The molecule has 0 radical (unpaired) electrons. The number of nitrogens with zero attached hydrogens (tertiary/aromatic N) is 4. The number of rotatable bonds is 4. The smallest absolute Gasteiger partial charge is 0.265 e. The number of aromatic amines is 1. The Morgan fingerprint density at radius 2 is 2.12 bits per heavy atom.